The Morgan fingerprint density at radius 1 is 1.31 bits per heavy atom. The molecule has 7 heteroatoms. The molecule has 3 rings (SSSR count). The summed E-state index contributed by atoms with van der Waals surface area (Å²) in [7, 11) is 0. The molecule has 0 spiro atoms. The molecular formula is C19H22N4O3. The van der Waals surface area contributed by atoms with Crippen LogP contribution in [0.25, 0.3) is 11.0 Å². The van der Waals surface area contributed by atoms with Crippen molar-refractivity contribution in [3.05, 3.63) is 52.0 Å². The first-order valence-electron chi connectivity index (χ1n) is 8.68. The summed E-state index contributed by atoms with van der Waals surface area (Å²) in [5.74, 6) is -1.42. The van der Waals surface area contributed by atoms with Gasteiger partial charge in [-0.3, -0.25) is 14.4 Å². The molecule has 26 heavy (non-hydrogen) atoms. The molecule has 7 nitrogen and oxygen atoms in total. The van der Waals surface area contributed by atoms with Gasteiger partial charge in [0.05, 0.1) is 11.3 Å². The first-order chi connectivity index (χ1) is 12.4. The van der Waals surface area contributed by atoms with Crippen LogP contribution in [0.3, 0.4) is 0 Å². The molecule has 136 valence electrons. The highest BCUT2D eigenvalue weighted by molar-refractivity contribution is 5.97. The van der Waals surface area contributed by atoms with E-state index in [0.29, 0.717) is 30.4 Å². The highest BCUT2D eigenvalue weighted by Gasteiger charge is 2.29. The minimum atomic E-state index is -0.494. The third-order valence-electron chi connectivity index (χ3n) is 4.76. The third-order valence-corrected chi connectivity index (χ3v) is 4.76. The summed E-state index contributed by atoms with van der Waals surface area (Å²) in [6.07, 6.45) is 6.31. The number of carbonyl (C=O) groups is 2. The summed E-state index contributed by atoms with van der Waals surface area (Å²) < 4.78 is 1.78. The predicted molar refractivity (Wildman–Crippen MR) is 98.7 cm³/mol. The molecule has 0 saturated carbocycles. The van der Waals surface area contributed by atoms with E-state index in [1.807, 2.05) is 26.0 Å². The molecule has 3 N–H and O–H groups in total. The molecule has 0 bridgehead atoms. The summed E-state index contributed by atoms with van der Waals surface area (Å²) in [6, 6.07) is 3.03. The Hall–Kier alpha value is -2.96. The standard InChI is InChI=1S/C19H22N4O3/c1-3-23-10-14(16(24)13-9-8-11(2)21-18(13)23)19(26)22-15-7-5-4-6-12(15)17(20)25/h4-5,8-10,12,15H,3,6-7H2,1-2H3,(H2,20,25)(H,22,26)/t12-,15-/m1/s1. The Kier molecular flexibility index (Phi) is 4.88. The molecule has 0 aromatic carbocycles. The molecule has 0 unspecified atom stereocenters. The minimum Gasteiger partial charge on any atom is -0.369 e. The molecule has 0 saturated heterocycles. The van der Waals surface area contributed by atoms with Gasteiger partial charge in [-0.25, -0.2) is 4.98 Å². The molecule has 2 aromatic heterocycles. The molecule has 2 aromatic rings. The Labute approximate surface area is 150 Å². The third kappa shape index (κ3) is 3.24. The van der Waals surface area contributed by atoms with Crippen LogP contribution in [0.5, 0.6) is 0 Å². The Bertz CT molecular complexity index is 961. The Morgan fingerprint density at radius 3 is 2.73 bits per heavy atom. The Balaban J connectivity index is 1.99. The van der Waals surface area contributed by atoms with E-state index in [-0.39, 0.29) is 11.0 Å². The van der Waals surface area contributed by atoms with Crippen LogP contribution in [0.15, 0.2) is 35.3 Å². The number of carbonyl (C=O) groups excluding carboxylic acids is 2. The van der Waals surface area contributed by atoms with Gasteiger partial charge in [0, 0.05) is 24.5 Å². The summed E-state index contributed by atoms with van der Waals surface area (Å²) in [5, 5.41) is 3.21. The monoisotopic (exact) mass is 354 g/mol. The molecule has 0 fully saturated rings. The Morgan fingerprint density at radius 2 is 2.04 bits per heavy atom. The van der Waals surface area contributed by atoms with E-state index >= 15 is 0 Å². The average Bonchev–Trinajstić information content (AvgIpc) is 2.62. The molecule has 1 aliphatic rings. The number of nitrogens with one attached hydrogen (secondary N) is 1. The second-order valence-corrected chi connectivity index (χ2v) is 6.51. The van der Waals surface area contributed by atoms with Crippen molar-refractivity contribution in [2.45, 2.75) is 39.3 Å². The fourth-order valence-electron chi connectivity index (χ4n) is 3.30. The van der Waals surface area contributed by atoms with Crippen molar-refractivity contribution >= 4 is 22.8 Å². The van der Waals surface area contributed by atoms with Crippen molar-refractivity contribution in [2.24, 2.45) is 11.7 Å². The van der Waals surface area contributed by atoms with Crippen molar-refractivity contribution in [2.75, 3.05) is 0 Å². The molecule has 2 amide bonds. The number of amides is 2. The van der Waals surface area contributed by atoms with E-state index in [1.54, 1.807) is 16.7 Å². The van der Waals surface area contributed by atoms with Crippen LogP contribution in [0.2, 0.25) is 0 Å². The number of aromatic nitrogens is 2. The molecular weight excluding hydrogens is 332 g/mol. The largest absolute Gasteiger partial charge is 0.369 e. The van der Waals surface area contributed by atoms with Gasteiger partial charge in [0.15, 0.2) is 0 Å². The number of allylic oxidation sites excluding steroid dienone is 1. The van der Waals surface area contributed by atoms with Crippen LogP contribution in [0.1, 0.15) is 35.8 Å². The maximum Gasteiger partial charge on any atom is 0.257 e. The first kappa shape index (κ1) is 17.8. The lowest BCUT2D eigenvalue weighted by molar-refractivity contribution is -0.122. The van der Waals surface area contributed by atoms with Gasteiger partial charge >= 0.3 is 0 Å². The lowest BCUT2D eigenvalue weighted by Crippen LogP contribution is -2.47. The number of nitrogens with zero attached hydrogens (tertiary/aromatic N) is 2. The zero-order valence-corrected chi connectivity index (χ0v) is 14.9. The van der Waals surface area contributed by atoms with Crippen molar-refractivity contribution in [3.8, 4) is 0 Å². The number of fused-ring (bicyclic) bond motifs is 1. The van der Waals surface area contributed by atoms with Crippen molar-refractivity contribution in [3.63, 3.8) is 0 Å². The van der Waals surface area contributed by atoms with Crippen LogP contribution in [-0.2, 0) is 11.3 Å². The highest BCUT2D eigenvalue weighted by Crippen LogP contribution is 2.19. The predicted octanol–water partition coefficient (Wildman–Crippen LogP) is 1.27. The average molecular weight is 354 g/mol. The number of rotatable bonds is 4. The normalized spacial score (nSPS) is 19.5. The van der Waals surface area contributed by atoms with Gasteiger partial charge in [-0.2, -0.15) is 0 Å². The second-order valence-electron chi connectivity index (χ2n) is 6.51. The topological polar surface area (TPSA) is 107 Å². The van der Waals surface area contributed by atoms with Crippen LogP contribution in [0.4, 0.5) is 0 Å². The molecule has 2 heterocycles. The molecule has 0 aliphatic heterocycles. The number of pyridine rings is 2. The van der Waals surface area contributed by atoms with E-state index in [9.17, 15) is 14.4 Å². The van der Waals surface area contributed by atoms with E-state index in [0.717, 1.165) is 5.69 Å². The zero-order chi connectivity index (χ0) is 18.8. The number of nitrogens with two attached hydrogens (primary N) is 1. The van der Waals surface area contributed by atoms with E-state index < -0.39 is 23.8 Å². The van der Waals surface area contributed by atoms with Gasteiger partial charge in [0.1, 0.15) is 11.2 Å². The maximum atomic E-state index is 12.8. The number of aryl methyl sites for hydroxylation is 2. The molecule has 2 atom stereocenters. The van der Waals surface area contributed by atoms with Crippen LogP contribution >= 0.6 is 0 Å². The first-order valence-corrected chi connectivity index (χ1v) is 8.68. The number of hydrogen-bond donors (Lipinski definition) is 2. The van der Waals surface area contributed by atoms with Gasteiger partial charge in [-0.05, 0) is 38.8 Å². The zero-order valence-electron chi connectivity index (χ0n) is 14.9. The minimum absolute atomic E-state index is 0.0442. The number of primary amides is 1. The summed E-state index contributed by atoms with van der Waals surface area (Å²) in [6.45, 7) is 4.35. The number of hydrogen-bond acceptors (Lipinski definition) is 4. The van der Waals surface area contributed by atoms with Crippen molar-refractivity contribution in [1.82, 2.24) is 14.9 Å². The van der Waals surface area contributed by atoms with Crippen molar-refractivity contribution in [1.29, 1.82) is 0 Å². The summed E-state index contributed by atoms with van der Waals surface area (Å²) in [4.78, 5) is 41.6. The summed E-state index contributed by atoms with van der Waals surface area (Å²) in [5.41, 5.74) is 6.48. The highest BCUT2D eigenvalue weighted by atomic mass is 16.2. The fraction of sp³-hybridized carbons (Fsp3) is 0.368. The van der Waals surface area contributed by atoms with Gasteiger partial charge in [0.25, 0.3) is 5.91 Å². The SMILES string of the molecule is CCn1cc(C(=O)N[C@@H]2CC=CC[C@H]2C(N)=O)c(=O)c2ccc(C)nc21. The molecule has 0 radical (unpaired) electrons. The van der Waals surface area contributed by atoms with Gasteiger partial charge < -0.3 is 15.6 Å². The van der Waals surface area contributed by atoms with Gasteiger partial charge in [0.2, 0.25) is 11.3 Å². The maximum absolute atomic E-state index is 12.8. The smallest absolute Gasteiger partial charge is 0.257 e. The van der Waals surface area contributed by atoms with Crippen molar-refractivity contribution < 1.29 is 9.59 Å². The lowest BCUT2D eigenvalue weighted by atomic mass is 9.88. The van der Waals surface area contributed by atoms with Crippen LogP contribution in [-0.4, -0.2) is 27.4 Å². The van der Waals surface area contributed by atoms with E-state index in [2.05, 4.69) is 10.3 Å². The second kappa shape index (κ2) is 7.11. The lowest BCUT2D eigenvalue weighted by Gasteiger charge is -2.27. The fourth-order valence-corrected chi connectivity index (χ4v) is 3.30. The van der Waals surface area contributed by atoms with Crippen LogP contribution < -0.4 is 16.5 Å². The summed E-state index contributed by atoms with van der Waals surface area (Å²) >= 11 is 0. The van der Waals surface area contributed by atoms with Crippen LogP contribution in [0, 0.1) is 12.8 Å². The van der Waals surface area contributed by atoms with Gasteiger partial charge in [-0.15, -0.1) is 0 Å². The van der Waals surface area contributed by atoms with E-state index in [4.69, 9.17) is 5.73 Å². The quantitative estimate of drug-likeness (QED) is 0.806. The van der Waals surface area contributed by atoms with Gasteiger partial charge in [-0.1, -0.05) is 12.2 Å². The van der Waals surface area contributed by atoms with E-state index in [1.165, 1.54) is 6.20 Å². The molecule has 1 aliphatic carbocycles.